The Balaban J connectivity index is 0.000000372. The van der Waals surface area contributed by atoms with Gasteiger partial charge in [0.25, 0.3) is 0 Å². The third kappa shape index (κ3) is 22.8. The van der Waals surface area contributed by atoms with Gasteiger partial charge in [-0.2, -0.15) is 0 Å². The lowest BCUT2D eigenvalue weighted by atomic mass is 10.1. The van der Waals surface area contributed by atoms with Gasteiger partial charge in [0.05, 0.1) is 43.5 Å². The molecule has 2 aromatic heterocycles. The summed E-state index contributed by atoms with van der Waals surface area (Å²) < 4.78 is 10.3. The van der Waals surface area contributed by atoms with Crippen LogP contribution in [0.5, 0.6) is 0 Å². The van der Waals surface area contributed by atoms with Gasteiger partial charge in [0.1, 0.15) is 0 Å². The number of carboxylic acid groups (broad SMARTS) is 1. The number of esters is 2. The highest BCUT2D eigenvalue weighted by Crippen LogP contribution is 2.25. The minimum Gasteiger partial charge on any atom is -0.481 e. The summed E-state index contributed by atoms with van der Waals surface area (Å²) in [7, 11) is 0. The number of carbonyl (C=O) groups excluding carboxylic acids is 3. The minimum absolute atomic E-state index is 0.0107. The number of hydrogen-bond donors (Lipinski definition) is 4. The molecular formula is C50H74Cl2N6O7. The van der Waals surface area contributed by atoms with Gasteiger partial charge in [0.2, 0.25) is 5.91 Å². The molecule has 1 amide bonds. The molecule has 0 unspecified atom stereocenters. The summed E-state index contributed by atoms with van der Waals surface area (Å²) in [5, 5.41) is 22.1. The van der Waals surface area contributed by atoms with E-state index in [2.05, 4.69) is 53.6 Å². The monoisotopic (exact) mass is 940 g/mol. The largest absolute Gasteiger partial charge is 0.481 e. The highest BCUT2D eigenvalue weighted by atomic mass is 35.5. The number of aliphatic carboxylic acids is 1. The summed E-state index contributed by atoms with van der Waals surface area (Å²) in [6.07, 6.45) is 9.51. The Morgan fingerprint density at radius 2 is 1.11 bits per heavy atom. The zero-order valence-electron chi connectivity index (χ0n) is 39.9. The lowest BCUT2D eigenvalue weighted by Gasteiger charge is -2.27. The molecule has 65 heavy (non-hydrogen) atoms. The van der Waals surface area contributed by atoms with Gasteiger partial charge in [0.15, 0.2) is 0 Å². The lowest BCUT2D eigenvalue weighted by molar-refractivity contribution is -0.148. The quantitative estimate of drug-likeness (QED) is 0.0347. The van der Waals surface area contributed by atoms with Crippen LogP contribution in [0.1, 0.15) is 120 Å². The van der Waals surface area contributed by atoms with Crippen LogP contribution in [0, 0.1) is 11.8 Å². The highest BCUT2D eigenvalue weighted by molar-refractivity contribution is 6.31. The van der Waals surface area contributed by atoms with Crippen LogP contribution in [-0.4, -0.2) is 95.3 Å². The van der Waals surface area contributed by atoms with Gasteiger partial charge in [-0.05, 0) is 93.6 Å². The maximum atomic E-state index is 12.7. The normalized spacial score (nSPS) is 11.0. The van der Waals surface area contributed by atoms with Gasteiger partial charge in [-0.15, -0.1) is 0 Å². The maximum absolute atomic E-state index is 12.7. The number of anilines is 2. The molecule has 0 spiro atoms. The molecule has 0 fully saturated rings. The van der Waals surface area contributed by atoms with Crippen molar-refractivity contribution in [3.05, 3.63) is 71.0 Å². The average Bonchev–Trinajstić information content (AvgIpc) is 3.28. The summed E-state index contributed by atoms with van der Waals surface area (Å²) in [5.41, 5.74) is 3.89. The van der Waals surface area contributed by atoms with Crippen LogP contribution in [0.15, 0.2) is 60.9 Å². The summed E-state index contributed by atoms with van der Waals surface area (Å²) in [5.74, 6) is -0.903. The van der Waals surface area contributed by atoms with Gasteiger partial charge in [-0.25, -0.2) is 0 Å². The Bertz CT molecular complexity index is 2030. The molecule has 0 bridgehead atoms. The smallest absolute Gasteiger partial charge is 0.306 e. The fourth-order valence-corrected chi connectivity index (χ4v) is 6.91. The molecule has 0 saturated carbocycles. The first kappa shape index (κ1) is 56.4. The van der Waals surface area contributed by atoms with Crippen molar-refractivity contribution < 1.29 is 33.8 Å². The number of amides is 1. The molecule has 0 aliphatic heterocycles. The van der Waals surface area contributed by atoms with Gasteiger partial charge < -0.3 is 35.4 Å². The van der Waals surface area contributed by atoms with E-state index in [0.29, 0.717) is 42.7 Å². The summed E-state index contributed by atoms with van der Waals surface area (Å²) in [4.78, 5) is 56.4. The summed E-state index contributed by atoms with van der Waals surface area (Å²) in [6.45, 7) is 20.7. The fourth-order valence-electron chi connectivity index (χ4n) is 6.57. The molecule has 0 saturated heterocycles. The predicted molar refractivity (Wildman–Crippen MR) is 266 cm³/mol. The number of rotatable bonds is 26. The van der Waals surface area contributed by atoms with E-state index in [4.69, 9.17) is 37.8 Å². The van der Waals surface area contributed by atoms with Crippen molar-refractivity contribution in [1.29, 1.82) is 0 Å². The Hall–Kier alpha value is -4.72. The maximum Gasteiger partial charge on any atom is 0.306 e. The Morgan fingerprint density at radius 3 is 1.54 bits per heavy atom. The van der Waals surface area contributed by atoms with Crippen molar-refractivity contribution in [1.82, 2.24) is 20.2 Å². The number of ether oxygens (including phenoxy) is 2. The number of pyridine rings is 2. The second kappa shape index (κ2) is 32.0. The second-order valence-electron chi connectivity index (χ2n) is 16.5. The van der Waals surface area contributed by atoms with E-state index in [1.165, 1.54) is 0 Å². The molecule has 2 heterocycles. The van der Waals surface area contributed by atoms with E-state index >= 15 is 0 Å². The molecule has 13 nitrogen and oxygen atoms in total. The van der Waals surface area contributed by atoms with Crippen molar-refractivity contribution in [2.75, 3.05) is 50.0 Å². The van der Waals surface area contributed by atoms with Crippen LogP contribution < -0.4 is 16.0 Å². The van der Waals surface area contributed by atoms with Crippen LogP contribution in [0.25, 0.3) is 21.8 Å². The third-order valence-corrected chi connectivity index (χ3v) is 11.3. The first-order valence-corrected chi connectivity index (χ1v) is 24.0. The Kier molecular flexibility index (Phi) is 27.8. The van der Waals surface area contributed by atoms with E-state index in [1.54, 1.807) is 6.20 Å². The number of halogens is 2. The molecule has 4 aromatic rings. The number of benzene rings is 2. The third-order valence-electron chi connectivity index (χ3n) is 10.8. The fraction of sp³-hybridized carbons (Fsp3) is 0.560. The molecule has 15 heteroatoms. The zero-order chi connectivity index (χ0) is 48.1. The summed E-state index contributed by atoms with van der Waals surface area (Å²) in [6, 6.07) is 16.0. The summed E-state index contributed by atoms with van der Waals surface area (Å²) >= 11 is 12.0. The molecule has 0 aliphatic rings. The number of fused-ring (bicyclic) bond motifs is 2. The van der Waals surface area contributed by atoms with E-state index in [-0.39, 0.29) is 43.6 Å². The number of hydrogen-bond acceptors (Lipinski definition) is 11. The molecule has 0 atom stereocenters. The second-order valence-corrected chi connectivity index (χ2v) is 17.4. The van der Waals surface area contributed by atoms with E-state index in [0.717, 1.165) is 96.4 Å². The highest BCUT2D eigenvalue weighted by Gasteiger charge is 2.19. The van der Waals surface area contributed by atoms with Crippen LogP contribution >= 0.6 is 23.2 Å². The minimum atomic E-state index is -0.968. The first-order valence-electron chi connectivity index (χ1n) is 23.2. The number of nitrogens with one attached hydrogen (secondary N) is 3. The number of nitrogens with zero attached hydrogens (tertiary/aromatic N) is 3. The zero-order valence-corrected chi connectivity index (χ0v) is 41.4. The van der Waals surface area contributed by atoms with Crippen LogP contribution in [0.3, 0.4) is 0 Å². The van der Waals surface area contributed by atoms with Crippen LogP contribution in [0.4, 0.5) is 11.4 Å². The Labute approximate surface area is 397 Å². The van der Waals surface area contributed by atoms with E-state index in [9.17, 15) is 19.2 Å². The van der Waals surface area contributed by atoms with Crippen LogP contribution in [-0.2, 0) is 28.7 Å². The molecule has 0 aliphatic carbocycles. The van der Waals surface area contributed by atoms with Crippen molar-refractivity contribution in [2.45, 2.75) is 132 Å². The molecular weight excluding hydrogens is 867 g/mol. The first-order chi connectivity index (χ1) is 31.1. The topological polar surface area (TPSA) is 172 Å². The molecule has 2 aromatic carbocycles. The van der Waals surface area contributed by atoms with Crippen molar-refractivity contribution in [3.8, 4) is 0 Å². The predicted octanol–water partition coefficient (Wildman–Crippen LogP) is 11.2. The van der Waals surface area contributed by atoms with Crippen molar-refractivity contribution in [2.24, 2.45) is 11.8 Å². The van der Waals surface area contributed by atoms with E-state index < -0.39 is 11.9 Å². The van der Waals surface area contributed by atoms with E-state index in [1.807, 2.05) is 87.3 Å². The Morgan fingerprint density at radius 1 is 0.646 bits per heavy atom. The average molecular weight is 942 g/mol. The van der Waals surface area contributed by atoms with Gasteiger partial charge in [-0.3, -0.25) is 29.1 Å². The van der Waals surface area contributed by atoms with Gasteiger partial charge >= 0.3 is 17.9 Å². The molecule has 4 N–H and O–H groups in total. The van der Waals surface area contributed by atoms with Crippen LogP contribution in [0.2, 0.25) is 10.0 Å². The standard InChI is InChI=1S/C25H36ClN3O3.C15H20ClN3.C10H18O4/c1-5-19(6-2)17-32-25(31)11-10-24(30)29(18(3)4)15-7-13-27-22-12-14-28-23-16-20(26)8-9-21(22)23;1-11(2)17-7-3-8-18-14-6-9-19-15-10-12(16)4-5-13(14)15;1-3-8(4-2)7-14-10(13)6-5-9(11)12/h8-9,12,14,16,18-19H,5-7,10-11,13,15,17H2,1-4H3,(H,27,28);4-6,9-11,17H,3,7-8H2,1-2H3,(H,18,19);8H,3-7H2,1-2H3,(H,11,12). The molecule has 0 radical (unpaired) electrons. The number of aromatic nitrogens is 2. The SMILES string of the molecule is CC(C)NCCCNc1ccnc2cc(Cl)ccc12.CCC(CC)COC(=O)CCC(=O)N(CCCNc1ccnc2cc(Cl)ccc12)C(C)C.CCC(CC)COC(=O)CCC(=O)O. The number of carboxylic acids is 1. The lowest BCUT2D eigenvalue weighted by Crippen LogP contribution is -2.38. The van der Waals surface area contributed by atoms with Crippen molar-refractivity contribution in [3.63, 3.8) is 0 Å². The molecule has 4 rings (SSSR count). The van der Waals surface area contributed by atoms with Gasteiger partial charge in [-0.1, -0.05) is 90.4 Å². The van der Waals surface area contributed by atoms with Gasteiger partial charge in [0, 0.05) is 82.7 Å². The molecule has 360 valence electrons. The van der Waals surface area contributed by atoms with Crippen molar-refractivity contribution >= 4 is 80.2 Å². The number of carbonyl (C=O) groups is 4.